The molecule has 2 aromatic rings. The van der Waals surface area contributed by atoms with Gasteiger partial charge in [-0.15, -0.1) is 0 Å². The molecule has 1 spiro atoms. The summed E-state index contributed by atoms with van der Waals surface area (Å²) in [7, 11) is 1.71. The van der Waals surface area contributed by atoms with Crippen LogP contribution in [0.15, 0.2) is 6.07 Å². The van der Waals surface area contributed by atoms with Gasteiger partial charge in [-0.3, -0.25) is 4.79 Å². The van der Waals surface area contributed by atoms with Gasteiger partial charge in [-0.1, -0.05) is 0 Å². The van der Waals surface area contributed by atoms with Gasteiger partial charge in [-0.05, 0) is 26.8 Å². The van der Waals surface area contributed by atoms with E-state index in [9.17, 15) is 9.59 Å². The second-order valence-corrected chi connectivity index (χ2v) is 7.12. The van der Waals surface area contributed by atoms with Crippen molar-refractivity contribution in [3.8, 4) is 0 Å². The van der Waals surface area contributed by atoms with Crippen molar-refractivity contribution >= 4 is 17.6 Å². The van der Waals surface area contributed by atoms with Gasteiger partial charge in [0.1, 0.15) is 5.56 Å². The van der Waals surface area contributed by atoms with Crippen LogP contribution in [0.25, 0.3) is 5.65 Å². The van der Waals surface area contributed by atoms with Crippen molar-refractivity contribution in [2.45, 2.75) is 32.8 Å². The zero-order valence-electron chi connectivity index (χ0n) is 14.9. The first-order chi connectivity index (χ1) is 11.8. The first kappa shape index (κ1) is 15.9. The van der Waals surface area contributed by atoms with Crippen LogP contribution in [-0.2, 0) is 4.74 Å². The molecule has 2 aliphatic rings. The van der Waals surface area contributed by atoms with Crippen LogP contribution >= 0.6 is 0 Å². The molecule has 0 radical (unpaired) electrons. The normalized spacial score (nSPS) is 23.1. The number of likely N-dealkylation sites (tertiary alicyclic amines) is 1. The number of hydrogen-bond acceptors (Lipinski definition) is 5. The summed E-state index contributed by atoms with van der Waals surface area (Å²) in [5, 5.41) is 4.47. The lowest BCUT2D eigenvalue weighted by molar-refractivity contribution is 0.0553. The minimum Gasteiger partial charge on any atom is -0.439 e. The van der Waals surface area contributed by atoms with Crippen LogP contribution in [0.1, 0.15) is 33.9 Å². The molecule has 1 atom stereocenters. The molecule has 8 nitrogen and oxygen atoms in total. The average molecular weight is 343 g/mol. The molecule has 0 aromatic carbocycles. The van der Waals surface area contributed by atoms with E-state index in [0.29, 0.717) is 43.0 Å². The van der Waals surface area contributed by atoms with Crippen molar-refractivity contribution in [1.29, 1.82) is 0 Å². The number of nitrogens with zero attached hydrogens (tertiary/aromatic N) is 5. The van der Waals surface area contributed by atoms with E-state index < -0.39 is 5.60 Å². The number of carbonyl (C=O) groups excluding carboxylic acids is 2. The number of carbonyl (C=O) groups is 2. The van der Waals surface area contributed by atoms with Crippen LogP contribution < -0.4 is 0 Å². The smallest absolute Gasteiger partial charge is 0.410 e. The summed E-state index contributed by atoms with van der Waals surface area (Å²) in [6.45, 7) is 7.15. The minimum absolute atomic E-state index is 0.104. The monoisotopic (exact) mass is 343 g/mol. The molecule has 2 aromatic heterocycles. The molecule has 0 saturated carbocycles. The quantitative estimate of drug-likeness (QED) is 0.780. The second kappa shape index (κ2) is 5.18. The number of likely N-dealkylation sites (N-methyl/N-ethyl adjacent to an activating group) is 1. The molecule has 0 bridgehead atoms. The van der Waals surface area contributed by atoms with Gasteiger partial charge in [-0.2, -0.15) is 5.10 Å². The molecule has 2 aliphatic heterocycles. The first-order valence-corrected chi connectivity index (χ1v) is 8.37. The summed E-state index contributed by atoms with van der Waals surface area (Å²) >= 11 is 0. The molecule has 132 valence electrons. The van der Waals surface area contributed by atoms with E-state index in [4.69, 9.17) is 4.74 Å². The standard InChI is InChI=1S/C17H21N5O3/c1-10-7-11(2)22-14(18-10)13(12(3)19-22)15(23)21-6-5-17(9-21)8-20(4)16(24)25-17/h7H,5-6,8-9H2,1-4H3. The Morgan fingerprint density at radius 1 is 1.28 bits per heavy atom. The van der Waals surface area contributed by atoms with Gasteiger partial charge >= 0.3 is 6.09 Å². The van der Waals surface area contributed by atoms with Crippen LogP contribution in [0.3, 0.4) is 0 Å². The Hall–Kier alpha value is -2.64. The Kier molecular flexibility index (Phi) is 3.28. The summed E-state index contributed by atoms with van der Waals surface area (Å²) in [5.74, 6) is -0.104. The number of hydrogen-bond donors (Lipinski definition) is 0. The van der Waals surface area contributed by atoms with E-state index in [1.165, 1.54) is 0 Å². The molecular weight excluding hydrogens is 322 g/mol. The summed E-state index contributed by atoms with van der Waals surface area (Å²) in [4.78, 5) is 32.7. The summed E-state index contributed by atoms with van der Waals surface area (Å²) in [5.41, 5.74) is 2.98. The van der Waals surface area contributed by atoms with E-state index >= 15 is 0 Å². The molecule has 2 amide bonds. The molecule has 4 rings (SSSR count). The summed E-state index contributed by atoms with van der Waals surface area (Å²) in [6.07, 6.45) is 0.327. The number of amides is 2. The van der Waals surface area contributed by atoms with Crippen molar-refractivity contribution in [1.82, 2.24) is 24.4 Å². The van der Waals surface area contributed by atoms with Gasteiger partial charge in [0.25, 0.3) is 5.91 Å². The van der Waals surface area contributed by atoms with Gasteiger partial charge in [0.15, 0.2) is 11.2 Å². The lowest BCUT2D eigenvalue weighted by atomic mass is 10.0. The summed E-state index contributed by atoms with van der Waals surface area (Å²) < 4.78 is 7.25. The van der Waals surface area contributed by atoms with E-state index in [1.54, 1.807) is 21.4 Å². The van der Waals surface area contributed by atoms with Crippen LogP contribution in [-0.4, -0.2) is 68.7 Å². The maximum Gasteiger partial charge on any atom is 0.410 e. The highest BCUT2D eigenvalue weighted by Crippen LogP contribution is 2.33. The fourth-order valence-electron chi connectivity index (χ4n) is 3.86. The van der Waals surface area contributed by atoms with Crippen LogP contribution in [0.2, 0.25) is 0 Å². The Labute approximate surface area is 145 Å². The SMILES string of the molecule is Cc1cc(C)n2nc(C)c(C(=O)N3CCC4(CN(C)C(=O)O4)C3)c2n1. The van der Waals surface area contributed by atoms with Crippen molar-refractivity contribution in [3.05, 3.63) is 28.7 Å². The van der Waals surface area contributed by atoms with Gasteiger partial charge in [0.2, 0.25) is 0 Å². The molecule has 4 heterocycles. The lowest BCUT2D eigenvalue weighted by Gasteiger charge is -2.21. The number of ether oxygens (including phenoxy) is 1. The summed E-state index contributed by atoms with van der Waals surface area (Å²) in [6, 6.07) is 1.94. The molecule has 2 saturated heterocycles. The van der Waals surface area contributed by atoms with Crippen LogP contribution in [0, 0.1) is 20.8 Å². The molecular formula is C17H21N5O3. The van der Waals surface area contributed by atoms with E-state index in [0.717, 1.165) is 11.4 Å². The van der Waals surface area contributed by atoms with E-state index in [-0.39, 0.29) is 12.0 Å². The maximum atomic E-state index is 13.1. The molecule has 1 unspecified atom stereocenters. The Morgan fingerprint density at radius 3 is 2.72 bits per heavy atom. The highest BCUT2D eigenvalue weighted by Gasteiger charge is 2.50. The third-order valence-electron chi connectivity index (χ3n) is 5.03. The topological polar surface area (TPSA) is 80.0 Å². The first-order valence-electron chi connectivity index (χ1n) is 8.37. The maximum absolute atomic E-state index is 13.1. The molecule has 0 aliphatic carbocycles. The zero-order chi connectivity index (χ0) is 17.9. The third-order valence-corrected chi connectivity index (χ3v) is 5.03. The lowest BCUT2D eigenvalue weighted by Crippen LogP contribution is -2.39. The second-order valence-electron chi connectivity index (χ2n) is 7.12. The predicted octanol–water partition coefficient (Wildman–Crippen LogP) is 1.32. The molecule has 25 heavy (non-hydrogen) atoms. The number of fused-ring (bicyclic) bond motifs is 1. The Morgan fingerprint density at radius 2 is 2.04 bits per heavy atom. The number of rotatable bonds is 1. The fourth-order valence-corrected chi connectivity index (χ4v) is 3.86. The zero-order valence-corrected chi connectivity index (χ0v) is 14.9. The third kappa shape index (κ3) is 2.35. The van der Waals surface area contributed by atoms with Crippen molar-refractivity contribution in [3.63, 3.8) is 0 Å². The number of aryl methyl sites for hydroxylation is 3. The van der Waals surface area contributed by atoms with Crippen LogP contribution in [0.5, 0.6) is 0 Å². The van der Waals surface area contributed by atoms with Crippen molar-refractivity contribution < 1.29 is 14.3 Å². The van der Waals surface area contributed by atoms with Crippen LogP contribution in [0.4, 0.5) is 4.79 Å². The minimum atomic E-state index is -0.586. The van der Waals surface area contributed by atoms with Gasteiger partial charge in [0, 0.05) is 31.4 Å². The van der Waals surface area contributed by atoms with E-state index in [2.05, 4.69) is 10.1 Å². The van der Waals surface area contributed by atoms with E-state index in [1.807, 2.05) is 26.8 Å². The largest absolute Gasteiger partial charge is 0.439 e. The molecule has 8 heteroatoms. The van der Waals surface area contributed by atoms with Gasteiger partial charge in [-0.25, -0.2) is 14.3 Å². The Bertz CT molecular complexity index is 905. The predicted molar refractivity (Wildman–Crippen MR) is 89.6 cm³/mol. The number of aromatic nitrogens is 3. The highest BCUT2D eigenvalue weighted by molar-refractivity contribution is 6.01. The van der Waals surface area contributed by atoms with Gasteiger partial charge in [0.05, 0.1) is 18.8 Å². The average Bonchev–Trinajstić information content (AvgIpc) is 3.16. The Balaban J connectivity index is 1.68. The van der Waals surface area contributed by atoms with Gasteiger partial charge < -0.3 is 14.5 Å². The van der Waals surface area contributed by atoms with Crippen molar-refractivity contribution in [2.75, 3.05) is 26.7 Å². The van der Waals surface area contributed by atoms with Crippen molar-refractivity contribution in [2.24, 2.45) is 0 Å². The highest BCUT2D eigenvalue weighted by atomic mass is 16.6. The fraction of sp³-hybridized carbons (Fsp3) is 0.529. The molecule has 0 N–H and O–H groups in total. The molecule has 2 fully saturated rings.